The van der Waals surface area contributed by atoms with Gasteiger partial charge in [0.25, 0.3) is 5.91 Å². The highest BCUT2D eigenvalue weighted by Gasteiger charge is 2.07. The van der Waals surface area contributed by atoms with Crippen LogP contribution in [-0.2, 0) is 6.54 Å². The van der Waals surface area contributed by atoms with E-state index >= 15 is 0 Å². The molecule has 5 heteroatoms. The normalized spacial score (nSPS) is 10.2. The molecule has 0 aliphatic rings. The predicted molar refractivity (Wildman–Crippen MR) is 99.1 cm³/mol. The van der Waals surface area contributed by atoms with Gasteiger partial charge in [-0.1, -0.05) is 30.3 Å². The van der Waals surface area contributed by atoms with Crippen molar-refractivity contribution in [3.63, 3.8) is 0 Å². The SMILES string of the molecule is NC(=O)c1ccc(C(=O)NCc2ccc(Oc3ccccc3)cc2)cc1. The summed E-state index contributed by atoms with van der Waals surface area (Å²) in [5.74, 6) is 0.765. The van der Waals surface area contributed by atoms with Crippen molar-refractivity contribution in [1.29, 1.82) is 0 Å². The van der Waals surface area contributed by atoms with Crippen LogP contribution in [0.2, 0.25) is 0 Å². The van der Waals surface area contributed by atoms with Crippen molar-refractivity contribution in [1.82, 2.24) is 5.32 Å². The van der Waals surface area contributed by atoms with Gasteiger partial charge in [-0.15, -0.1) is 0 Å². The Labute approximate surface area is 151 Å². The van der Waals surface area contributed by atoms with E-state index in [1.165, 1.54) is 12.1 Å². The summed E-state index contributed by atoms with van der Waals surface area (Å²) in [7, 11) is 0. The van der Waals surface area contributed by atoms with E-state index in [1.54, 1.807) is 12.1 Å². The first-order valence-corrected chi connectivity index (χ1v) is 8.12. The summed E-state index contributed by atoms with van der Waals surface area (Å²) >= 11 is 0. The van der Waals surface area contributed by atoms with Crippen molar-refractivity contribution < 1.29 is 14.3 Å². The maximum Gasteiger partial charge on any atom is 0.251 e. The average Bonchev–Trinajstić information content (AvgIpc) is 2.68. The van der Waals surface area contributed by atoms with Gasteiger partial charge in [-0.2, -0.15) is 0 Å². The summed E-state index contributed by atoms with van der Waals surface area (Å²) in [5, 5.41) is 2.84. The molecule has 0 unspecified atom stereocenters. The molecule has 0 aliphatic heterocycles. The van der Waals surface area contributed by atoms with E-state index in [0.717, 1.165) is 17.1 Å². The lowest BCUT2D eigenvalue weighted by molar-refractivity contribution is 0.0948. The molecule has 0 radical (unpaired) electrons. The van der Waals surface area contributed by atoms with Crippen molar-refractivity contribution in [3.8, 4) is 11.5 Å². The first kappa shape index (κ1) is 17.2. The molecule has 0 heterocycles. The summed E-state index contributed by atoms with van der Waals surface area (Å²) in [6.07, 6.45) is 0. The largest absolute Gasteiger partial charge is 0.457 e. The Morgan fingerprint density at radius 2 is 1.35 bits per heavy atom. The lowest BCUT2D eigenvalue weighted by Gasteiger charge is -2.08. The highest BCUT2D eigenvalue weighted by molar-refractivity contribution is 5.97. The first-order valence-electron chi connectivity index (χ1n) is 8.12. The van der Waals surface area contributed by atoms with Crippen LogP contribution < -0.4 is 15.8 Å². The first-order chi connectivity index (χ1) is 12.6. The lowest BCUT2D eigenvalue weighted by atomic mass is 10.1. The second-order valence-electron chi connectivity index (χ2n) is 5.68. The standard InChI is InChI=1S/C21H18N2O3/c22-20(24)16-8-10-17(11-9-16)21(25)23-14-15-6-12-19(13-7-15)26-18-4-2-1-3-5-18/h1-13H,14H2,(H2,22,24)(H,23,25). The third kappa shape index (κ3) is 4.48. The second kappa shape index (κ2) is 7.98. The third-order valence-electron chi connectivity index (χ3n) is 3.79. The number of amides is 2. The van der Waals surface area contributed by atoms with E-state index in [-0.39, 0.29) is 5.91 Å². The highest BCUT2D eigenvalue weighted by Crippen LogP contribution is 2.21. The van der Waals surface area contributed by atoms with Crippen LogP contribution in [0.25, 0.3) is 0 Å². The van der Waals surface area contributed by atoms with Crippen LogP contribution in [0.4, 0.5) is 0 Å². The highest BCUT2D eigenvalue weighted by atomic mass is 16.5. The Kier molecular flexibility index (Phi) is 5.29. The van der Waals surface area contributed by atoms with Crippen LogP contribution in [0.5, 0.6) is 11.5 Å². The van der Waals surface area contributed by atoms with Gasteiger partial charge in [-0.25, -0.2) is 0 Å². The van der Waals surface area contributed by atoms with Gasteiger partial charge in [-0.05, 0) is 54.1 Å². The quantitative estimate of drug-likeness (QED) is 0.717. The summed E-state index contributed by atoms with van der Waals surface area (Å²) in [6, 6.07) is 23.3. The van der Waals surface area contributed by atoms with Crippen molar-refractivity contribution >= 4 is 11.8 Å². The zero-order valence-electron chi connectivity index (χ0n) is 14.0. The van der Waals surface area contributed by atoms with E-state index in [9.17, 15) is 9.59 Å². The number of nitrogens with two attached hydrogens (primary N) is 1. The monoisotopic (exact) mass is 346 g/mol. The molecule has 2 amide bonds. The molecular formula is C21H18N2O3. The number of rotatable bonds is 6. The van der Waals surface area contributed by atoms with E-state index in [1.807, 2.05) is 54.6 Å². The number of hydrogen-bond acceptors (Lipinski definition) is 3. The molecule has 0 fully saturated rings. The maximum atomic E-state index is 12.2. The zero-order valence-corrected chi connectivity index (χ0v) is 14.0. The van der Waals surface area contributed by atoms with Gasteiger partial charge >= 0.3 is 0 Å². The second-order valence-corrected chi connectivity index (χ2v) is 5.68. The van der Waals surface area contributed by atoms with Crippen molar-refractivity contribution in [2.24, 2.45) is 5.73 Å². The lowest BCUT2D eigenvalue weighted by Crippen LogP contribution is -2.23. The molecule has 3 aromatic carbocycles. The maximum absolute atomic E-state index is 12.2. The molecule has 0 saturated heterocycles. The van der Waals surface area contributed by atoms with E-state index in [4.69, 9.17) is 10.5 Å². The Morgan fingerprint density at radius 3 is 1.96 bits per heavy atom. The molecule has 26 heavy (non-hydrogen) atoms. The molecule has 130 valence electrons. The molecule has 0 aromatic heterocycles. The fraction of sp³-hybridized carbons (Fsp3) is 0.0476. The third-order valence-corrected chi connectivity index (χ3v) is 3.79. The van der Waals surface area contributed by atoms with Gasteiger partial charge in [0.2, 0.25) is 5.91 Å². The molecule has 3 aromatic rings. The number of hydrogen-bond donors (Lipinski definition) is 2. The van der Waals surface area contributed by atoms with Crippen LogP contribution >= 0.6 is 0 Å². The molecular weight excluding hydrogens is 328 g/mol. The predicted octanol–water partition coefficient (Wildman–Crippen LogP) is 3.51. The topological polar surface area (TPSA) is 81.4 Å². The fourth-order valence-electron chi connectivity index (χ4n) is 2.37. The Balaban J connectivity index is 1.55. The van der Waals surface area contributed by atoms with Gasteiger partial charge in [0, 0.05) is 17.7 Å². The van der Waals surface area contributed by atoms with Crippen LogP contribution in [-0.4, -0.2) is 11.8 Å². The van der Waals surface area contributed by atoms with Crippen molar-refractivity contribution in [2.45, 2.75) is 6.54 Å². The number of benzene rings is 3. The van der Waals surface area contributed by atoms with Gasteiger partial charge in [0.1, 0.15) is 11.5 Å². The molecule has 5 nitrogen and oxygen atoms in total. The molecule has 3 N–H and O–H groups in total. The van der Waals surface area contributed by atoms with E-state index < -0.39 is 5.91 Å². The van der Waals surface area contributed by atoms with Crippen LogP contribution in [0.3, 0.4) is 0 Å². The number of para-hydroxylation sites is 1. The van der Waals surface area contributed by atoms with Crippen LogP contribution in [0.15, 0.2) is 78.9 Å². The van der Waals surface area contributed by atoms with E-state index in [0.29, 0.717) is 17.7 Å². The van der Waals surface area contributed by atoms with Crippen molar-refractivity contribution in [2.75, 3.05) is 0 Å². The Bertz CT molecular complexity index is 889. The van der Waals surface area contributed by atoms with Gasteiger partial charge in [0.15, 0.2) is 0 Å². The molecule has 0 spiro atoms. The summed E-state index contributed by atoms with van der Waals surface area (Å²) < 4.78 is 5.73. The molecule has 0 atom stereocenters. The number of ether oxygens (including phenoxy) is 1. The number of carbonyl (C=O) groups is 2. The molecule has 0 bridgehead atoms. The van der Waals surface area contributed by atoms with Gasteiger partial charge in [-0.3, -0.25) is 9.59 Å². The average molecular weight is 346 g/mol. The smallest absolute Gasteiger partial charge is 0.251 e. The number of nitrogens with one attached hydrogen (secondary N) is 1. The molecule has 0 saturated carbocycles. The molecule has 3 rings (SSSR count). The zero-order chi connectivity index (χ0) is 18.4. The molecule has 0 aliphatic carbocycles. The minimum atomic E-state index is -0.519. The Morgan fingerprint density at radius 1 is 0.769 bits per heavy atom. The van der Waals surface area contributed by atoms with Crippen LogP contribution in [0.1, 0.15) is 26.3 Å². The van der Waals surface area contributed by atoms with Gasteiger partial charge < -0.3 is 15.8 Å². The minimum Gasteiger partial charge on any atom is -0.457 e. The van der Waals surface area contributed by atoms with Crippen LogP contribution in [0, 0.1) is 0 Å². The van der Waals surface area contributed by atoms with E-state index in [2.05, 4.69) is 5.32 Å². The van der Waals surface area contributed by atoms with Gasteiger partial charge in [0.05, 0.1) is 0 Å². The Hall–Kier alpha value is -3.60. The minimum absolute atomic E-state index is 0.217. The van der Waals surface area contributed by atoms with Crippen molar-refractivity contribution in [3.05, 3.63) is 95.6 Å². The number of primary amides is 1. The fourth-order valence-corrected chi connectivity index (χ4v) is 2.37. The number of carbonyl (C=O) groups excluding carboxylic acids is 2. The summed E-state index contributed by atoms with van der Waals surface area (Å²) in [6.45, 7) is 0.391. The summed E-state index contributed by atoms with van der Waals surface area (Å²) in [5.41, 5.74) is 6.98. The summed E-state index contributed by atoms with van der Waals surface area (Å²) in [4.78, 5) is 23.2.